The molecule has 0 radical (unpaired) electrons. The summed E-state index contributed by atoms with van der Waals surface area (Å²) < 4.78 is 4.91. The maximum Gasteiger partial charge on any atom is 0.311 e. The zero-order chi connectivity index (χ0) is 16.0. The number of hydrogen-bond donors (Lipinski definition) is 1. The van der Waals surface area contributed by atoms with Gasteiger partial charge in [0.05, 0.1) is 12.0 Å². The zero-order valence-corrected chi connectivity index (χ0v) is 13.1. The molecule has 7 heteroatoms. The lowest BCUT2D eigenvalue weighted by Crippen LogP contribution is -2.45. The van der Waals surface area contributed by atoms with E-state index in [0.717, 1.165) is 0 Å². The minimum atomic E-state index is -0.576. The number of carbonyl (C=O) groups excluding carboxylic acids is 1. The van der Waals surface area contributed by atoms with Gasteiger partial charge in [0.1, 0.15) is 0 Å². The van der Waals surface area contributed by atoms with E-state index in [2.05, 4.69) is 5.32 Å². The number of halogens is 1. The number of amides is 1. The topological polar surface area (TPSA) is 81.5 Å². The number of benzene rings is 1. The highest BCUT2D eigenvalue weighted by atomic mass is 35.5. The third kappa shape index (κ3) is 4.32. The number of hydrogen-bond acceptors (Lipinski definition) is 4. The molecule has 1 N–H and O–H groups in total. The number of methoxy groups -OCH3 is 1. The van der Waals surface area contributed by atoms with Crippen LogP contribution in [-0.2, 0) is 0 Å². The Kier molecular flexibility index (Phi) is 5.96. The predicted octanol–water partition coefficient (Wildman–Crippen LogP) is 3.13. The Morgan fingerprint density at radius 1 is 1.52 bits per heavy atom. The van der Waals surface area contributed by atoms with Crippen LogP contribution in [-0.4, -0.2) is 29.4 Å². The summed E-state index contributed by atoms with van der Waals surface area (Å²) >= 11 is 5.74. The number of rotatable bonds is 7. The van der Waals surface area contributed by atoms with Crippen LogP contribution < -0.4 is 10.1 Å². The van der Waals surface area contributed by atoms with Crippen LogP contribution in [0.15, 0.2) is 18.2 Å². The fraction of sp³-hybridized carbons (Fsp3) is 0.500. The number of nitro groups is 1. The number of nitrogens with one attached hydrogen (secondary N) is 1. The molecule has 1 amide bonds. The highest BCUT2D eigenvalue weighted by Crippen LogP contribution is 2.28. The second kappa shape index (κ2) is 7.26. The molecule has 1 unspecified atom stereocenters. The summed E-state index contributed by atoms with van der Waals surface area (Å²) in [5.74, 6) is 0.179. The summed E-state index contributed by atoms with van der Waals surface area (Å²) in [5, 5.41) is 13.9. The van der Waals surface area contributed by atoms with Gasteiger partial charge in [0.15, 0.2) is 5.75 Å². The highest BCUT2D eigenvalue weighted by molar-refractivity contribution is 6.17. The molecule has 1 atom stereocenters. The number of nitrogens with zero attached hydrogens (tertiary/aromatic N) is 1. The van der Waals surface area contributed by atoms with E-state index in [-0.39, 0.29) is 22.9 Å². The van der Waals surface area contributed by atoms with Crippen molar-refractivity contribution in [3.63, 3.8) is 0 Å². The molecule has 0 aliphatic rings. The molecule has 0 saturated heterocycles. The van der Waals surface area contributed by atoms with Crippen molar-refractivity contribution in [3.05, 3.63) is 33.9 Å². The van der Waals surface area contributed by atoms with Crippen molar-refractivity contribution in [2.45, 2.75) is 32.2 Å². The van der Waals surface area contributed by atoms with Gasteiger partial charge >= 0.3 is 5.69 Å². The maximum atomic E-state index is 12.3. The molecule has 0 aromatic heterocycles. The number of nitro benzene ring substituents is 1. The molecular weight excluding hydrogens is 296 g/mol. The van der Waals surface area contributed by atoms with Gasteiger partial charge in [0.2, 0.25) is 0 Å². The second-order valence-corrected chi connectivity index (χ2v) is 5.33. The van der Waals surface area contributed by atoms with Crippen LogP contribution in [0.4, 0.5) is 5.69 Å². The van der Waals surface area contributed by atoms with Crippen molar-refractivity contribution in [3.8, 4) is 5.75 Å². The third-order valence-corrected chi connectivity index (χ3v) is 3.67. The molecule has 116 valence electrons. The summed E-state index contributed by atoms with van der Waals surface area (Å²) in [6.07, 6.45) is 1.33. The van der Waals surface area contributed by atoms with E-state index >= 15 is 0 Å². The lowest BCUT2D eigenvalue weighted by Gasteiger charge is -2.29. The predicted molar refractivity (Wildman–Crippen MR) is 81.1 cm³/mol. The highest BCUT2D eigenvalue weighted by Gasteiger charge is 2.25. The van der Waals surface area contributed by atoms with E-state index in [9.17, 15) is 14.9 Å². The second-order valence-electron chi connectivity index (χ2n) is 4.95. The van der Waals surface area contributed by atoms with Gasteiger partial charge in [-0.25, -0.2) is 0 Å². The van der Waals surface area contributed by atoms with E-state index in [4.69, 9.17) is 16.3 Å². The van der Waals surface area contributed by atoms with Crippen LogP contribution in [0.5, 0.6) is 5.75 Å². The minimum Gasteiger partial charge on any atom is -0.490 e. The monoisotopic (exact) mass is 314 g/mol. The first-order valence-electron chi connectivity index (χ1n) is 6.57. The Bertz CT molecular complexity index is 536. The third-order valence-electron chi connectivity index (χ3n) is 3.48. The van der Waals surface area contributed by atoms with Crippen LogP contribution in [0.25, 0.3) is 0 Å². The molecule has 0 spiro atoms. The zero-order valence-electron chi connectivity index (χ0n) is 12.3. The number of ether oxygens (including phenoxy) is 1. The van der Waals surface area contributed by atoms with Gasteiger partial charge in [-0.1, -0.05) is 6.92 Å². The first-order valence-corrected chi connectivity index (χ1v) is 7.11. The molecule has 0 aliphatic carbocycles. The first kappa shape index (κ1) is 17.2. The molecule has 0 saturated carbocycles. The van der Waals surface area contributed by atoms with Crippen molar-refractivity contribution >= 4 is 23.2 Å². The fourth-order valence-electron chi connectivity index (χ4n) is 1.86. The van der Waals surface area contributed by atoms with Crippen LogP contribution in [0.2, 0.25) is 0 Å². The fourth-order valence-corrected chi connectivity index (χ4v) is 2.27. The largest absolute Gasteiger partial charge is 0.490 e. The normalized spacial score (nSPS) is 13.3. The molecule has 6 nitrogen and oxygen atoms in total. The van der Waals surface area contributed by atoms with Crippen molar-refractivity contribution in [2.75, 3.05) is 13.0 Å². The smallest absolute Gasteiger partial charge is 0.311 e. The Hall–Kier alpha value is -1.82. The van der Waals surface area contributed by atoms with E-state index in [1.165, 1.54) is 25.3 Å². The van der Waals surface area contributed by atoms with Crippen LogP contribution in [0, 0.1) is 10.1 Å². The van der Waals surface area contributed by atoms with Gasteiger partial charge in [-0.15, -0.1) is 11.6 Å². The molecule has 1 aromatic carbocycles. The van der Waals surface area contributed by atoms with Crippen LogP contribution in [0.1, 0.15) is 37.0 Å². The molecule has 21 heavy (non-hydrogen) atoms. The van der Waals surface area contributed by atoms with E-state index in [1.807, 2.05) is 13.8 Å². The average Bonchev–Trinajstić information content (AvgIpc) is 2.46. The summed E-state index contributed by atoms with van der Waals surface area (Å²) in [6.45, 7) is 3.84. The van der Waals surface area contributed by atoms with Gasteiger partial charge in [-0.3, -0.25) is 14.9 Å². The SMILES string of the molecule is CCC(C)(CCCl)NC(=O)c1ccc(OC)c([N+](=O)[O-])c1. The summed E-state index contributed by atoms with van der Waals surface area (Å²) in [6, 6.07) is 4.13. The standard InChI is InChI=1S/C14H19ClN2O4/c1-4-14(2,7-8-15)16-13(18)10-5-6-12(21-3)11(9-10)17(19)20/h5-6,9H,4,7-8H2,1-3H3,(H,16,18). The minimum absolute atomic E-state index is 0.121. The summed E-state index contributed by atoms with van der Waals surface area (Å²) in [7, 11) is 1.34. The average molecular weight is 315 g/mol. The Balaban J connectivity index is 3.03. The Labute approximate surface area is 128 Å². The van der Waals surface area contributed by atoms with Gasteiger partial charge in [0.25, 0.3) is 5.91 Å². The van der Waals surface area contributed by atoms with E-state index in [0.29, 0.717) is 18.7 Å². The number of carbonyl (C=O) groups is 1. The maximum absolute atomic E-state index is 12.3. The van der Waals surface area contributed by atoms with Crippen molar-refractivity contribution in [1.82, 2.24) is 5.32 Å². The molecule has 0 heterocycles. The molecule has 0 fully saturated rings. The van der Waals surface area contributed by atoms with Gasteiger partial charge in [-0.05, 0) is 31.9 Å². The first-order chi connectivity index (χ1) is 9.86. The quantitative estimate of drug-likeness (QED) is 0.476. The summed E-state index contributed by atoms with van der Waals surface area (Å²) in [4.78, 5) is 22.7. The molecule has 0 aliphatic heterocycles. The van der Waals surface area contributed by atoms with Gasteiger partial charge < -0.3 is 10.1 Å². The van der Waals surface area contributed by atoms with Gasteiger partial charge in [-0.2, -0.15) is 0 Å². The van der Waals surface area contributed by atoms with Crippen molar-refractivity contribution in [1.29, 1.82) is 0 Å². The lowest BCUT2D eigenvalue weighted by atomic mass is 9.95. The lowest BCUT2D eigenvalue weighted by molar-refractivity contribution is -0.385. The Morgan fingerprint density at radius 2 is 2.19 bits per heavy atom. The van der Waals surface area contributed by atoms with Crippen molar-refractivity contribution < 1.29 is 14.5 Å². The summed E-state index contributed by atoms with van der Waals surface area (Å²) in [5.41, 5.74) is -0.453. The van der Waals surface area contributed by atoms with Crippen molar-refractivity contribution in [2.24, 2.45) is 0 Å². The Morgan fingerprint density at radius 3 is 2.67 bits per heavy atom. The molecule has 1 aromatic rings. The van der Waals surface area contributed by atoms with E-state index in [1.54, 1.807) is 0 Å². The number of alkyl halides is 1. The molecular formula is C14H19ClN2O4. The molecule has 1 rings (SSSR count). The molecule has 0 bridgehead atoms. The van der Waals surface area contributed by atoms with Crippen LogP contribution in [0.3, 0.4) is 0 Å². The van der Waals surface area contributed by atoms with Gasteiger partial charge in [0, 0.05) is 23.0 Å². The van der Waals surface area contributed by atoms with E-state index < -0.39 is 10.5 Å². The van der Waals surface area contributed by atoms with Crippen LogP contribution >= 0.6 is 11.6 Å².